The van der Waals surface area contributed by atoms with Crippen molar-refractivity contribution in [3.05, 3.63) is 51.6 Å². The zero-order valence-corrected chi connectivity index (χ0v) is 9.26. The molecule has 1 aromatic heterocycles. The minimum absolute atomic E-state index is 0.457. The summed E-state index contributed by atoms with van der Waals surface area (Å²) in [7, 11) is 0. The molecule has 5 nitrogen and oxygen atoms in total. The van der Waals surface area contributed by atoms with Gasteiger partial charge in [-0.3, -0.25) is 0 Å². The van der Waals surface area contributed by atoms with E-state index in [0.29, 0.717) is 16.4 Å². The second kappa shape index (κ2) is 4.26. The standard InChI is InChI=1S/C10H8ClN5/c1-7-5-13-16(6-7)10-8(11)3-2-4-9(10)14-15-12/h2-6H,1H3. The Balaban J connectivity index is 2.66. The molecule has 16 heavy (non-hydrogen) atoms. The highest BCUT2D eigenvalue weighted by Crippen LogP contribution is 2.30. The number of hydrogen-bond donors (Lipinski definition) is 0. The Hall–Kier alpha value is -1.97. The second-order valence-corrected chi connectivity index (χ2v) is 3.67. The van der Waals surface area contributed by atoms with Gasteiger partial charge in [-0.25, -0.2) is 4.68 Å². The van der Waals surface area contributed by atoms with Crippen molar-refractivity contribution in [2.45, 2.75) is 6.92 Å². The van der Waals surface area contributed by atoms with Crippen LogP contribution in [0.2, 0.25) is 5.02 Å². The molecule has 0 spiro atoms. The summed E-state index contributed by atoms with van der Waals surface area (Å²) in [5, 5.41) is 8.22. The maximum atomic E-state index is 8.47. The maximum absolute atomic E-state index is 8.47. The summed E-state index contributed by atoms with van der Waals surface area (Å²) in [6.07, 6.45) is 3.53. The minimum Gasteiger partial charge on any atom is -0.239 e. The molecule has 0 N–H and O–H groups in total. The third kappa shape index (κ3) is 1.86. The van der Waals surface area contributed by atoms with Gasteiger partial charge in [0.15, 0.2) is 0 Å². The van der Waals surface area contributed by atoms with Crippen LogP contribution in [0.3, 0.4) is 0 Å². The molecular formula is C10H8ClN5. The van der Waals surface area contributed by atoms with Crippen molar-refractivity contribution in [1.82, 2.24) is 9.78 Å². The molecule has 0 radical (unpaired) electrons. The molecule has 1 aromatic carbocycles. The van der Waals surface area contributed by atoms with Crippen molar-refractivity contribution in [3.8, 4) is 5.69 Å². The molecule has 0 aliphatic heterocycles. The Bertz CT molecular complexity index is 568. The summed E-state index contributed by atoms with van der Waals surface area (Å²) in [5.41, 5.74) is 10.5. The van der Waals surface area contributed by atoms with Gasteiger partial charge in [-0.05, 0) is 24.1 Å². The fraction of sp³-hybridized carbons (Fsp3) is 0.100. The van der Waals surface area contributed by atoms with Crippen molar-refractivity contribution in [2.75, 3.05) is 0 Å². The van der Waals surface area contributed by atoms with Gasteiger partial charge in [0.1, 0.15) is 0 Å². The van der Waals surface area contributed by atoms with Gasteiger partial charge in [0.2, 0.25) is 0 Å². The second-order valence-electron chi connectivity index (χ2n) is 3.26. The Morgan fingerprint density at radius 2 is 2.31 bits per heavy atom. The fourth-order valence-corrected chi connectivity index (χ4v) is 1.65. The fourth-order valence-electron chi connectivity index (χ4n) is 1.39. The van der Waals surface area contributed by atoms with Crippen molar-refractivity contribution >= 4 is 17.3 Å². The largest absolute Gasteiger partial charge is 0.239 e. The smallest absolute Gasteiger partial charge is 0.0927 e. The van der Waals surface area contributed by atoms with Gasteiger partial charge >= 0.3 is 0 Å². The topological polar surface area (TPSA) is 66.6 Å². The quantitative estimate of drug-likeness (QED) is 0.442. The number of hydrogen-bond acceptors (Lipinski definition) is 2. The lowest BCUT2D eigenvalue weighted by atomic mass is 10.2. The number of aryl methyl sites for hydroxylation is 1. The summed E-state index contributed by atoms with van der Waals surface area (Å²) < 4.78 is 1.60. The molecule has 0 unspecified atom stereocenters. The summed E-state index contributed by atoms with van der Waals surface area (Å²) in [5.74, 6) is 0. The van der Waals surface area contributed by atoms with Gasteiger partial charge in [-0.1, -0.05) is 28.8 Å². The van der Waals surface area contributed by atoms with Crippen LogP contribution in [0.1, 0.15) is 5.56 Å². The summed E-state index contributed by atoms with van der Waals surface area (Å²) in [6.45, 7) is 1.92. The van der Waals surface area contributed by atoms with Gasteiger partial charge in [0.05, 0.1) is 22.6 Å². The number of halogens is 1. The molecule has 0 fully saturated rings. The highest BCUT2D eigenvalue weighted by Gasteiger charge is 2.08. The van der Waals surface area contributed by atoms with Gasteiger partial charge in [-0.15, -0.1) is 0 Å². The molecule has 0 aliphatic rings. The van der Waals surface area contributed by atoms with Gasteiger partial charge < -0.3 is 0 Å². The highest BCUT2D eigenvalue weighted by atomic mass is 35.5. The van der Waals surface area contributed by atoms with Crippen molar-refractivity contribution < 1.29 is 0 Å². The van der Waals surface area contributed by atoms with E-state index in [4.69, 9.17) is 17.1 Å². The van der Waals surface area contributed by atoms with E-state index < -0.39 is 0 Å². The van der Waals surface area contributed by atoms with E-state index in [2.05, 4.69) is 15.1 Å². The van der Waals surface area contributed by atoms with E-state index in [1.165, 1.54) is 0 Å². The van der Waals surface area contributed by atoms with E-state index in [9.17, 15) is 0 Å². The zero-order chi connectivity index (χ0) is 11.5. The van der Waals surface area contributed by atoms with Gasteiger partial charge in [-0.2, -0.15) is 5.10 Å². The summed E-state index contributed by atoms with van der Waals surface area (Å²) >= 11 is 6.06. The first-order valence-corrected chi connectivity index (χ1v) is 4.95. The highest BCUT2D eigenvalue weighted by molar-refractivity contribution is 6.32. The van der Waals surface area contributed by atoms with Crippen molar-refractivity contribution in [1.29, 1.82) is 0 Å². The molecule has 0 bridgehead atoms. The normalized spacial score (nSPS) is 9.88. The molecular weight excluding hydrogens is 226 g/mol. The van der Waals surface area contributed by atoms with E-state index >= 15 is 0 Å². The van der Waals surface area contributed by atoms with Crippen LogP contribution in [0.25, 0.3) is 16.1 Å². The molecule has 0 atom stereocenters. The molecule has 0 aliphatic carbocycles. The lowest BCUT2D eigenvalue weighted by molar-refractivity contribution is 0.880. The van der Waals surface area contributed by atoms with Gasteiger partial charge in [0.25, 0.3) is 0 Å². The molecule has 0 saturated heterocycles. The van der Waals surface area contributed by atoms with Crippen LogP contribution in [-0.2, 0) is 0 Å². The van der Waals surface area contributed by atoms with E-state index in [1.807, 2.05) is 13.1 Å². The first-order valence-electron chi connectivity index (χ1n) is 4.57. The Morgan fingerprint density at radius 1 is 1.50 bits per heavy atom. The number of rotatable bonds is 2. The lowest BCUT2D eigenvalue weighted by Gasteiger charge is -2.06. The molecule has 0 amide bonds. The minimum atomic E-state index is 0.457. The first kappa shape index (κ1) is 10.5. The van der Waals surface area contributed by atoms with Crippen LogP contribution >= 0.6 is 11.6 Å². The van der Waals surface area contributed by atoms with E-state index in [-0.39, 0.29) is 0 Å². The SMILES string of the molecule is Cc1cnn(-c2c(Cl)cccc2N=[N+]=[N-])c1. The van der Waals surface area contributed by atoms with Crippen molar-refractivity contribution in [2.24, 2.45) is 5.11 Å². The van der Waals surface area contributed by atoms with Crippen LogP contribution in [0.5, 0.6) is 0 Å². The van der Waals surface area contributed by atoms with Crippen LogP contribution in [0.15, 0.2) is 35.7 Å². The van der Waals surface area contributed by atoms with Crippen LogP contribution in [0.4, 0.5) is 5.69 Å². The summed E-state index contributed by atoms with van der Waals surface area (Å²) in [4.78, 5) is 2.77. The third-order valence-electron chi connectivity index (χ3n) is 2.06. The van der Waals surface area contributed by atoms with E-state index in [0.717, 1.165) is 5.56 Å². The first-order chi connectivity index (χ1) is 7.72. The third-order valence-corrected chi connectivity index (χ3v) is 2.36. The number of aromatic nitrogens is 2. The Kier molecular flexibility index (Phi) is 2.81. The molecule has 6 heteroatoms. The Labute approximate surface area is 96.9 Å². The number of benzene rings is 1. The van der Waals surface area contributed by atoms with Crippen LogP contribution in [-0.4, -0.2) is 9.78 Å². The van der Waals surface area contributed by atoms with Crippen LogP contribution in [0, 0.1) is 6.92 Å². The number of para-hydroxylation sites is 1. The zero-order valence-electron chi connectivity index (χ0n) is 8.50. The summed E-state index contributed by atoms with van der Waals surface area (Å²) in [6, 6.07) is 5.15. The predicted octanol–water partition coefficient (Wildman–Crippen LogP) is 3.78. The molecule has 2 aromatic rings. The predicted molar refractivity (Wildman–Crippen MR) is 62.1 cm³/mol. The molecule has 0 saturated carbocycles. The lowest BCUT2D eigenvalue weighted by Crippen LogP contribution is -1.95. The molecule has 80 valence electrons. The molecule has 1 heterocycles. The molecule has 2 rings (SSSR count). The average Bonchev–Trinajstić information content (AvgIpc) is 2.65. The van der Waals surface area contributed by atoms with Crippen molar-refractivity contribution in [3.63, 3.8) is 0 Å². The number of azide groups is 1. The van der Waals surface area contributed by atoms with Crippen LogP contribution < -0.4 is 0 Å². The van der Waals surface area contributed by atoms with Gasteiger partial charge in [0, 0.05) is 11.1 Å². The Morgan fingerprint density at radius 3 is 2.94 bits per heavy atom. The monoisotopic (exact) mass is 233 g/mol. The number of nitrogens with zero attached hydrogens (tertiary/aromatic N) is 5. The average molecular weight is 234 g/mol. The van der Waals surface area contributed by atoms with E-state index in [1.54, 1.807) is 29.1 Å². The maximum Gasteiger partial charge on any atom is 0.0927 e.